The van der Waals surface area contributed by atoms with Gasteiger partial charge in [0.2, 0.25) is 5.91 Å². The first-order valence-electron chi connectivity index (χ1n) is 7.95. The lowest BCUT2D eigenvalue weighted by atomic mass is 9.80. The Labute approximate surface area is 128 Å². The van der Waals surface area contributed by atoms with Crippen molar-refractivity contribution in [3.63, 3.8) is 0 Å². The smallest absolute Gasteiger partial charge is 0.319 e. The number of carbonyl (C=O) groups is 2. The van der Waals surface area contributed by atoms with Crippen LogP contribution in [-0.2, 0) is 14.3 Å². The Balaban J connectivity index is 2.58. The molecule has 1 aliphatic rings. The third kappa shape index (κ3) is 5.30. The van der Waals surface area contributed by atoms with E-state index >= 15 is 0 Å². The number of esters is 1. The Kier molecular flexibility index (Phi) is 6.65. The molecule has 1 amide bonds. The molecule has 0 aromatic carbocycles. The Morgan fingerprint density at radius 2 is 1.81 bits per heavy atom. The molecule has 1 rings (SSSR count). The van der Waals surface area contributed by atoms with Crippen molar-refractivity contribution >= 4 is 11.9 Å². The third-order valence-electron chi connectivity index (χ3n) is 3.99. The second kappa shape index (κ2) is 7.78. The summed E-state index contributed by atoms with van der Waals surface area (Å²) in [5.41, 5.74) is -0.451. The lowest BCUT2D eigenvalue weighted by molar-refractivity contribution is -0.156. The van der Waals surface area contributed by atoms with Crippen LogP contribution in [-0.4, -0.2) is 49.1 Å². The van der Waals surface area contributed by atoms with Crippen molar-refractivity contribution in [3.05, 3.63) is 0 Å². The van der Waals surface area contributed by atoms with Crippen molar-refractivity contribution in [2.24, 2.45) is 11.3 Å². The zero-order valence-electron chi connectivity index (χ0n) is 14.1. The molecule has 0 aromatic rings. The highest BCUT2D eigenvalue weighted by molar-refractivity contribution is 5.98. The molecule has 5 heteroatoms. The maximum Gasteiger partial charge on any atom is 0.319 e. The normalized spacial score (nSPS) is 19.1. The van der Waals surface area contributed by atoms with Crippen molar-refractivity contribution in [1.82, 2.24) is 10.2 Å². The van der Waals surface area contributed by atoms with Gasteiger partial charge in [0.05, 0.1) is 6.61 Å². The second-order valence-corrected chi connectivity index (χ2v) is 6.89. The summed E-state index contributed by atoms with van der Waals surface area (Å²) in [6.45, 7) is 12.6. The van der Waals surface area contributed by atoms with Crippen LogP contribution in [0.2, 0.25) is 0 Å². The van der Waals surface area contributed by atoms with Crippen molar-refractivity contribution in [3.8, 4) is 0 Å². The zero-order valence-corrected chi connectivity index (χ0v) is 14.1. The molecule has 0 spiro atoms. The van der Waals surface area contributed by atoms with Gasteiger partial charge in [-0.05, 0) is 45.2 Å². The van der Waals surface area contributed by atoms with Crippen molar-refractivity contribution < 1.29 is 14.3 Å². The Bertz CT molecular complexity index is 357. The summed E-state index contributed by atoms with van der Waals surface area (Å²) in [6, 6.07) is 0.305. The minimum Gasteiger partial charge on any atom is -0.465 e. The van der Waals surface area contributed by atoms with Crippen LogP contribution in [0.3, 0.4) is 0 Å². The monoisotopic (exact) mass is 298 g/mol. The fourth-order valence-electron chi connectivity index (χ4n) is 2.74. The van der Waals surface area contributed by atoms with E-state index in [1.165, 1.54) is 12.8 Å². The predicted molar refractivity (Wildman–Crippen MR) is 82.9 cm³/mol. The number of carbonyl (C=O) groups excluding carboxylic acids is 2. The van der Waals surface area contributed by atoms with Crippen LogP contribution in [0.1, 0.15) is 47.5 Å². The van der Waals surface area contributed by atoms with Gasteiger partial charge in [-0.1, -0.05) is 20.8 Å². The molecule has 0 aromatic heterocycles. The van der Waals surface area contributed by atoms with E-state index in [1.54, 1.807) is 6.92 Å². The topological polar surface area (TPSA) is 58.6 Å². The number of nitrogens with one attached hydrogen (secondary N) is 1. The molecule has 0 aliphatic carbocycles. The van der Waals surface area contributed by atoms with Crippen LogP contribution in [0.4, 0.5) is 0 Å². The highest BCUT2D eigenvalue weighted by Crippen LogP contribution is 2.27. The number of likely N-dealkylation sites (tertiary alicyclic amines) is 1. The fraction of sp³-hybridized carbons (Fsp3) is 0.875. The van der Waals surface area contributed by atoms with Gasteiger partial charge in [0.1, 0.15) is 5.92 Å². The molecule has 1 fully saturated rings. The summed E-state index contributed by atoms with van der Waals surface area (Å²) < 4.78 is 5.05. The van der Waals surface area contributed by atoms with Crippen LogP contribution < -0.4 is 5.32 Å². The average Bonchev–Trinajstić information content (AvgIpc) is 2.88. The summed E-state index contributed by atoms with van der Waals surface area (Å²) in [5.74, 6) is -1.42. The SMILES string of the molecule is CCOC(=O)C(C(=O)NCC(C)N1CCCC1)C(C)(C)C. The number of ether oxygens (including phenoxy) is 1. The minimum absolute atomic E-state index is 0.230. The molecule has 1 N–H and O–H groups in total. The standard InChI is InChI=1S/C16H30N2O3/c1-6-21-15(20)13(16(3,4)5)14(19)17-11-12(2)18-9-7-8-10-18/h12-13H,6-11H2,1-5H3,(H,17,19). The van der Waals surface area contributed by atoms with E-state index in [4.69, 9.17) is 4.74 Å². The molecule has 5 nitrogen and oxygen atoms in total. The van der Waals surface area contributed by atoms with E-state index in [-0.39, 0.29) is 5.91 Å². The van der Waals surface area contributed by atoms with Crippen LogP contribution in [0.25, 0.3) is 0 Å². The molecule has 0 saturated carbocycles. The molecule has 0 radical (unpaired) electrons. The highest BCUT2D eigenvalue weighted by Gasteiger charge is 2.39. The van der Waals surface area contributed by atoms with Gasteiger partial charge in [0, 0.05) is 12.6 Å². The largest absolute Gasteiger partial charge is 0.465 e. The first-order valence-corrected chi connectivity index (χ1v) is 7.95. The number of nitrogens with zero attached hydrogens (tertiary/aromatic N) is 1. The molecule has 1 saturated heterocycles. The van der Waals surface area contributed by atoms with Gasteiger partial charge < -0.3 is 10.1 Å². The number of hydrogen-bond donors (Lipinski definition) is 1. The first-order chi connectivity index (χ1) is 9.77. The maximum absolute atomic E-state index is 12.4. The van der Waals surface area contributed by atoms with E-state index in [2.05, 4.69) is 17.1 Å². The quantitative estimate of drug-likeness (QED) is 0.600. The van der Waals surface area contributed by atoms with Crippen LogP contribution in [0, 0.1) is 11.3 Å². The molecule has 1 aliphatic heterocycles. The van der Waals surface area contributed by atoms with Crippen LogP contribution in [0.15, 0.2) is 0 Å². The third-order valence-corrected chi connectivity index (χ3v) is 3.99. The van der Waals surface area contributed by atoms with Gasteiger partial charge in [0.15, 0.2) is 0 Å². The summed E-state index contributed by atoms with van der Waals surface area (Å²) in [5, 5.41) is 2.92. The number of rotatable bonds is 6. The van der Waals surface area contributed by atoms with Crippen LogP contribution in [0.5, 0.6) is 0 Å². The van der Waals surface area contributed by atoms with Gasteiger partial charge in [0.25, 0.3) is 0 Å². The van der Waals surface area contributed by atoms with Gasteiger partial charge in [-0.15, -0.1) is 0 Å². The van der Waals surface area contributed by atoms with Crippen molar-refractivity contribution in [2.75, 3.05) is 26.2 Å². The maximum atomic E-state index is 12.4. The molecule has 2 atom stereocenters. The molecule has 0 bridgehead atoms. The second-order valence-electron chi connectivity index (χ2n) is 6.89. The van der Waals surface area contributed by atoms with E-state index < -0.39 is 17.3 Å². The molecular weight excluding hydrogens is 268 g/mol. The average molecular weight is 298 g/mol. The lowest BCUT2D eigenvalue weighted by Crippen LogP contribution is -2.47. The first kappa shape index (κ1) is 18.0. The number of hydrogen-bond acceptors (Lipinski definition) is 4. The van der Waals surface area contributed by atoms with Gasteiger partial charge >= 0.3 is 5.97 Å². The molecule has 122 valence electrons. The van der Waals surface area contributed by atoms with E-state index in [0.717, 1.165) is 13.1 Å². The summed E-state index contributed by atoms with van der Waals surface area (Å²) in [7, 11) is 0. The van der Waals surface area contributed by atoms with Crippen molar-refractivity contribution in [2.45, 2.75) is 53.5 Å². The summed E-state index contributed by atoms with van der Waals surface area (Å²) in [6.07, 6.45) is 2.46. The fourth-order valence-corrected chi connectivity index (χ4v) is 2.74. The molecular formula is C16H30N2O3. The van der Waals surface area contributed by atoms with E-state index in [1.807, 2.05) is 20.8 Å². The van der Waals surface area contributed by atoms with Gasteiger partial charge in [-0.25, -0.2) is 0 Å². The Morgan fingerprint density at radius 3 is 2.29 bits per heavy atom. The zero-order chi connectivity index (χ0) is 16.0. The van der Waals surface area contributed by atoms with Gasteiger partial charge in [-0.3, -0.25) is 14.5 Å². The van der Waals surface area contributed by atoms with Crippen LogP contribution >= 0.6 is 0 Å². The molecule has 21 heavy (non-hydrogen) atoms. The molecule has 1 heterocycles. The minimum atomic E-state index is -0.761. The lowest BCUT2D eigenvalue weighted by Gasteiger charge is -2.29. The predicted octanol–water partition coefficient (Wildman–Crippen LogP) is 1.81. The number of amides is 1. The van der Waals surface area contributed by atoms with E-state index in [9.17, 15) is 9.59 Å². The Morgan fingerprint density at radius 1 is 1.24 bits per heavy atom. The van der Waals surface area contributed by atoms with E-state index in [0.29, 0.717) is 19.2 Å². The highest BCUT2D eigenvalue weighted by atomic mass is 16.5. The Hall–Kier alpha value is -1.10. The summed E-state index contributed by atoms with van der Waals surface area (Å²) >= 11 is 0. The van der Waals surface area contributed by atoms with Crippen molar-refractivity contribution in [1.29, 1.82) is 0 Å². The summed E-state index contributed by atoms with van der Waals surface area (Å²) in [4.78, 5) is 26.8. The van der Waals surface area contributed by atoms with Gasteiger partial charge in [-0.2, -0.15) is 0 Å². The molecule has 2 unspecified atom stereocenters.